The zero-order chi connectivity index (χ0) is 22.1. The first kappa shape index (κ1) is 20.6. The molecule has 0 bridgehead atoms. The summed E-state index contributed by atoms with van der Waals surface area (Å²) in [6.45, 7) is 6.55. The molecule has 1 atom stereocenters. The van der Waals surface area contributed by atoms with Crippen LogP contribution in [0.1, 0.15) is 53.4 Å². The molecule has 7 nitrogen and oxygen atoms in total. The van der Waals surface area contributed by atoms with Gasteiger partial charge in [0.1, 0.15) is 6.04 Å². The molecule has 0 saturated carbocycles. The Morgan fingerprint density at radius 2 is 1.81 bits per heavy atom. The van der Waals surface area contributed by atoms with Crippen molar-refractivity contribution < 1.29 is 0 Å². The van der Waals surface area contributed by atoms with E-state index in [-0.39, 0.29) is 11.6 Å². The van der Waals surface area contributed by atoms with E-state index < -0.39 is 0 Å². The Kier molecular flexibility index (Phi) is 5.57. The zero-order valence-electron chi connectivity index (χ0n) is 18.6. The third kappa shape index (κ3) is 3.96. The molecule has 0 unspecified atom stereocenters. The van der Waals surface area contributed by atoms with E-state index in [1.54, 1.807) is 0 Å². The first-order valence-electron chi connectivity index (χ1n) is 11.3. The standard InChI is InChI=1S/C25H28N6O/c1-17-13-18(2)20-15-21(25(32)26-22(20)14-17)23(30-11-7-4-8-12-30)24-27-28-29-31(24)16-19-9-5-3-6-10-19/h3,5-6,9-10,13-15,23H,4,7-8,11-12,16H2,1-2H3,(H,26,32)/t23-/m1/s1. The van der Waals surface area contributed by atoms with E-state index in [1.807, 2.05) is 41.9 Å². The Morgan fingerprint density at radius 1 is 1.03 bits per heavy atom. The summed E-state index contributed by atoms with van der Waals surface area (Å²) < 4.78 is 1.83. The number of H-pyrrole nitrogens is 1. The minimum atomic E-state index is -0.289. The molecule has 1 aliphatic rings. The van der Waals surface area contributed by atoms with Crippen LogP contribution in [0.2, 0.25) is 0 Å². The Morgan fingerprint density at radius 3 is 2.59 bits per heavy atom. The predicted octanol–water partition coefficient (Wildman–Crippen LogP) is 3.76. The normalized spacial score (nSPS) is 15.8. The summed E-state index contributed by atoms with van der Waals surface area (Å²) in [6.07, 6.45) is 3.44. The summed E-state index contributed by atoms with van der Waals surface area (Å²) >= 11 is 0. The summed E-state index contributed by atoms with van der Waals surface area (Å²) in [5, 5.41) is 13.8. The van der Waals surface area contributed by atoms with Gasteiger partial charge in [-0.2, -0.15) is 0 Å². The Bertz CT molecular complexity index is 1290. The van der Waals surface area contributed by atoms with Crippen LogP contribution in [0.3, 0.4) is 0 Å². The number of benzene rings is 2. The first-order valence-corrected chi connectivity index (χ1v) is 11.3. The minimum Gasteiger partial charge on any atom is -0.322 e. The number of aromatic nitrogens is 5. The molecule has 5 rings (SSSR count). The quantitative estimate of drug-likeness (QED) is 0.524. The van der Waals surface area contributed by atoms with Crippen LogP contribution in [0.15, 0.2) is 53.3 Å². The maximum Gasteiger partial charge on any atom is 0.253 e. The van der Waals surface area contributed by atoms with Crippen LogP contribution in [0.25, 0.3) is 10.9 Å². The van der Waals surface area contributed by atoms with Gasteiger partial charge in [0.05, 0.1) is 6.54 Å². The molecule has 0 spiro atoms. The smallest absolute Gasteiger partial charge is 0.253 e. The highest BCUT2D eigenvalue weighted by atomic mass is 16.1. The molecule has 4 aromatic rings. The highest BCUT2D eigenvalue weighted by molar-refractivity contribution is 5.83. The van der Waals surface area contributed by atoms with Crippen molar-refractivity contribution >= 4 is 10.9 Å². The molecule has 3 heterocycles. The lowest BCUT2D eigenvalue weighted by Gasteiger charge is -2.33. The average molecular weight is 429 g/mol. The predicted molar refractivity (Wildman–Crippen MR) is 125 cm³/mol. The fourth-order valence-electron chi connectivity index (χ4n) is 4.84. The van der Waals surface area contributed by atoms with Gasteiger partial charge < -0.3 is 4.98 Å². The van der Waals surface area contributed by atoms with E-state index in [4.69, 9.17) is 0 Å². The molecule has 2 aromatic heterocycles. The van der Waals surface area contributed by atoms with Crippen LogP contribution in [-0.4, -0.2) is 43.2 Å². The molecule has 1 aliphatic heterocycles. The number of likely N-dealkylation sites (tertiary alicyclic amines) is 1. The summed E-state index contributed by atoms with van der Waals surface area (Å²) in [6, 6.07) is 16.1. The van der Waals surface area contributed by atoms with Gasteiger partial charge in [0.15, 0.2) is 5.82 Å². The number of fused-ring (bicyclic) bond motifs is 1. The second-order valence-corrected chi connectivity index (χ2v) is 8.78. The van der Waals surface area contributed by atoms with Crippen molar-refractivity contribution in [3.63, 3.8) is 0 Å². The molecule has 0 aliphatic carbocycles. The SMILES string of the molecule is Cc1cc(C)c2cc([C@H](c3nnnn3Cc3ccccc3)N3CCCCC3)c(=O)[nH]c2c1. The molecule has 1 N–H and O–H groups in total. The van der Waals surface area contributed by atoms with Gasteiger partial charge >= 0.3 is 0 Å². The molecule has 7 heteroatoms. The second kappa shape index (κ2) is 8.67. The summed E-state index contributed by atoms with van der Waals surface area (Å²) in [5.41, 5.74) is 4.91. The summed E-state index contributed by atoms with van der Waals surface area (Å²) in [4.78, 5) is 18.8. The van der Waals surface area contributed by atoms with Gasteiger partial charge in [0.25, 0.3) is 5.56 Å². The van der Waals surface area contributed by atoms with Gasteiger partial charge in [-0.15, -0.1) is 5.10 Å². The number of pyridine rings is 1. The number of rotatable bonds is 5. The lowest BCUT2D eigenvalue weighted by atomic mass is 9.98. The monoisotopic (exact) mass is 428 g/mol. The van der Waals surface area contributed by atoms with Gasteiger partial charge in [-0.3, -0.25) is 9.69 Å². The van der Waals surface area contributed by atoms with E-state index in [9.17, 15) is 4.79 Å². The highest BCUT2D eigenvalue weighted by Gasteiger charge is 2.31. The Labute approximate surface area is 187 Å². The third-order valence-corrected chi connectivity index (χ3v) is 6.37. The Hall–Kier alpha value is -3.32. The fourth-order valence-corrected chi connectivity index (χ4v) is 4.84. The molecule has 32 heavy (non-hydrogen) atoms. The third-order valence-electron chi connectivity index (χ3n) is 6.37. The van der Waals surface area contributed by atoms with Crippen LogP contribution in [0, 0.1) is 13.8 Å². The number of piperidine rings is 1. The van der Waals surface area contributed by atoms with Gasteiger partial charge in [-0.05, 0) is 79.0 Å². The van der Waals surface area contributed by atoms with Gasteiger partial charge in [-0.25, -0.2) is 4.68 Å². The lowest BCUT2D eigenvalue weighted by molar-refractivity contribution is 0.177. The molecule has 1 saturated heterocycles. The number of aromatic amines is 1. The number of hydrogen-bond donors (Lipinski definition) is 1. The van der Waals surface area contributed by atoms with Crippen LogP contribution >= 0.6 is 0 Å². The topological polar surface area (TPSA) is 79.7 Å². The molecule has 0 amide bonds. The summed E-state index contributed by atoms with van der Waals surface area (Å²) in [7, 11) is 0. The van der Waals surface area contributed by atoms with Crippen molar-refractivity contribution in [2.45, 2.75) is 45.7 Å². The van der Waals surface area contributed by atoms with Crippen molar-refractivity contribution in [3.05, 3.63) is 87.0 Å². The van der Waals surface area contributed by atoms with E-state index in [0.717, 1.165) is 53.5 Å². The molecule has 0 radical (unpaired) electrons. The fraction of sp³-hybridized carbons (Fsp3) is 0.360. The van der Waals surface area contributed by atoms with Crippen LogP contribution in [0.4, 0.5) is 0 Å². The maximum atomic E-state index is 13.3. The zero-order valence-corrected chi connectivity index (χ0v) is 18.6. The number of nitrogens with one attached hydrogen (secondary N) is 1. The number of nitrogens with zero attached hydrogens (tertiary/aromatic N) is 5. The van der Waals surface area contributed by atoms with Crippen LogP contribution in [0.5, 0.6) is 0 Å². The molecule has 2 aromatic carbocycles. The van der Waals surface area contributed by atoms with E-state index in [2.05, 4.69) is 50.5 Å². The maximum absolute atomic E-state index is 13.3. The average Bonchev–Trinajstić information content (AvgIpc) is 3.23. The van der Waals surface area contributed by atoms with Crippen LogP contribution in [-0.2, 0) is 6.54 Å². The van der Waals surface area contributed by atoms with E-state index in [0.29, 0.717) is 17.9 Å². The van der Waals surface area contributed by atoms with E-state index >= 15 is 0 Å². The van der Waals surface area contributed by atoms with Crippen molar-refractivity contribution in [2.24, 2.45) is 0 Å². The van der Waals surface area contributed by atoms with Crippen molar-refractivity contribution in [1.29, 1.82) is 0 Å². The Balaban J connectivity index is 1.64. The number of hydrogen-bond acceptors (Lipinski definition) is 5. The van der Waals surface area contributed by atoms with Gasteiger partial charge in [-0.1, -0.05) is 42.8 Å². The number of aryl methyl sites for hydroxylation is 2. The lowest BCUT2D eigenvalue weighted by Crippen LogP contribution is -2.38. The number of tetrazole rings is 1. The highest BCUT2D eigenvalue weighted by Crippen LogP contribution is 2.30. The molecular weight excluding hydrogens is 400 g/mol. The second-order valence-electron chi connectivity index (χ2n) is 8.78. The summed E-state index contributed by atoms with van der Waals surface area (Å²) in [5.74, 6) is 0.713. The molecule has 1 fully saturated rings. The largest absolute Gasteiger partial charge is 0.322 e. The van der Waals surface area contributed by atoms with Crippen molar-refractivity contribution in [3.8, 4) is 0 Å². The minimum absolute atomic E-state index is 0.0765. The van der Waals surface area contributed by atoms with Crippen molar-refractivity contribution in [1.82, 2.24) is 30.1 Å². The van der Waals surface area contributed by atoms with Gasteiger partial charge in [0.2, 0.25) is 0 Å². The molecular formula is C25H28N6O. The van der Waals surface area contributed by atoms with Crippen molar-refractivity contribution in [2.75, 3.05) is 13.1 Å². The first-order chi connectivity index (χ1) is 15.6. The molecule has 164 valence electrons. The van der Waals surface area contributed by atoms with Gasteiger partial charge in [0, 0.05) is 16.5 Å². The van der Waals surface area contributed by atoms with Crippen LogP contribution < -0.4 is 5.56 Å². The van der Waals surface area contributed by atoms with E-state index in [1.165, 1.54) is 6.42 Å².